The maximum Gasteiger partial charge on any atom is 0.205 e. The highest BCUT2D eigenvalue weighted by atomic mass is 35.5. The van der Waals surface area contributed by atoms with Crippen molar-refractivity contribution in [3.8, 4) is 11.8 Å². The van der Waals surface area contributed by atoms with Crippen LogP contribution in [-0.4, -0.2) is 5.11 Å². The van der Waals surface area contributed by atoms with Gasteiger partial charge in [-0.25, -0.2) is 0 Å². The number of aromatic hydroxyl groups is 1. The molecule has 114 valence electrons. The van der Waals surface area contributed by atoms with Gasteiger partial charge in [-0.15, -0.1) is 0 Å². The summed E-state index contributed by atoms with van der Waals surface area (Å²) < 4.78 is 5.58. The third-order valence-electron chi connectivity index (χ3n) is 3.59. The molecule has 2 aromatic carbocycles. The number of rotatable bonds is 2. The number of nitrogens with zero attached hydrogens (tertiary/aromatic N) is 1. The fraction of sp³-hybridized carbons (Fsp3) is 0.0556. The Kier molecular flexibility index (Phi) is 3.96. The van der Waals surface area contributed by atoms with Gasteiger partial charge in [0, 0.05) is 16.5 Å². The molecule has 23 heavy (non-hydrogen) atoms. The molecule has 1 unspecified atom stereocenters. The van der Waals surface area contributed by atoms with E-state index in [-0.39, 0.29) is 17.6 Å². The van der Waals surface area contributed by atoms with E-state index in [0.29, 0.717) is 16.4 Å². The van der Waals surface area contributed by atoms with Crippen molar-refractivity contribution >= 4 is 17.4 Å². The van der Waals surface area contributed by atoms with E-state index < -0.39 is 0 Å². The highest BCUT2D eigenvalue weighted by Crippen LogP contribution is 2.37. The third-order valence-corrected chi connectivity index (χ3v) is 3.83. The maximum atomic E-state index is 9.40. The van der Waals surface area contributed by atoms with Crippen LogP contribution in [0.3, 0.4) is 0 Å². The number of allylic oxidation sites excluding steroid dienone is 2. The van der Waals surface area contributed by atoms with Gasteiger partial charge in [-0.1, -0.05) is 23.7 Å². The summed E-state index contributed by atoms with van der Waals surface area (Å²) in [5, 5.41) is 19.4. The van der Waals surface area contributed by atoms with Crippen molar-refractivity contribution in [3.05, 3.63) is 82.2 Å². The Morgan fingerprint density at radius 1 is 1.17 bits per heavy atom. The minimum Gasteiger partial charge on any atom is -0.508 e. The molecule has 0 bridgehead atoms. The van der Waals surface area contributed by atoms with Gasteiger partial charge in [0.25, 0.3) is 0 Å². The quantitative estimate of drug-likeness (QED) is 0.878. The lowest BCUT2D eigenvalue weighted by Gasteiger charge is -2.23. The number of benzene rings is 2. The number of phenolic OH excluding ortho intramolecular Hbond substituents is 1. The van der Waals surface area contributed by atoms with Gasteiger partial charge in [-0.2, -0.15) is 5.26 Å². The summed E-state index contributed by atoms with van der Waals surface area (Å²) in [7, 11) is 0. The Morgan fingerprint density at radius 2 is 1.91 bits per heavy atom. The van der Waals surface area contributed by atoms with Crippen molar-refractivity contribution in [1.82, 2.24) is 0 Å². The fourth-order valence-corrected chi connectivity index (χ4v) is 2.66. The second kappa shape index (κ2) is 6.07. The van der Waals surface area contributed by atoms with E-state index in [9.17, 15) is 10.4 Å². The number of hydrogen-bond donors (Lipinski definition) is 2. The predicted molar refractivity (Wildman–Crippen MR) is 88.2 cm³/mol. The lowest BCUT2D eigenvalue weighted by atomic mass is 9.89. The van der Waals surface area contributed by atoms with Crippen LogP contribution in [-0.2, 0) is 4.74 Å². The Bertz CT molecular complexity index is 848. The molecule has 0 aromatic heterocycles. The minimum atomic E-state index is -0.337. The van der Waals surface area contributed by atoms with Crippen LogP contribution in [0.4, 0.5) is 0 Å². The molecule has 0 spiro atoms. The molecule has 0 fully saturated rings. The van der Waals surface area contributed by atoms with Gasteiger partial charge in [0.05, 0.1) is 0 Å². The summed E-state index contributed by atoms with van der Waals surface area (Å²) in [6.07, 6.45) is 1.83. The van der Waals surface area contributed by atoms with Gasteiger partial charge in [0.1, 0.15) is 23.2 Å². The van der Waals surface area contributed by atoms with Crippen LogP contribution in [0.2, 0.25) is 5.02 Å². The normalized spacial score (nSPS) is 17.2. The summed E-state index contributed by atoms with van der Waals surface area (Å²) >= 11 is 6.05. The molecule has 0 saturated carbocycles. The van der Waals surface area contributed by atoms with Crippen molar-refractivity contribution in [1.29, 1.82) is 5.26 Å². The van der Waals surface area contributed by atoms with Crippen LogP contribution >= 0.6 is 11.6 Å². The smallest absolute Gasteiger partial charge is 0.205 e. The van der Waals surface area contributed by atoms with Gasteiger partial charge >= 0.3 is 0 Å². The molecule has 3 N–H and O–H groups in total. The van der Waals surface area contributed by atoms with Gasteiger partial charge in [0.2, 0.25) is 5.88 Å². The average molecular weight is 325 g/mol. The molecular weight excluding hydrogens is 312 g/mol. The van der Waals surface area contributed by atoms with E-state index in [4.69, 9.17) is 22.1 Å². The zero-order valence-corrected chi connectivity index (χ0v) is 12.8. The number of hydrogen-bond acceptors (Lipinski definition) is 4. The first-order valence-corrected chi connectivity index (χ1v) is 7.30. The zero-order valence-electron chi connectivity index (χ0n) is 12.0. The van der Waals surface area contributed by atoms with Gasteiger partial charge < -0.3 is 15.6 Å². The van der Waals surface area contributed by atoms with E-state index in [2.05, 4.69) is 6.07 Å². The first kappa shape index (κ1) is 15.0. The van der Waals surface area contributed by atoms with Crippen molar-refractivity contribution in [2.75, 3.05) is 0 Å². The lowest BCUT2D eigenvalue weighted by Crippen LogP contribution is -2.16. The molecule has 1 heterocycles. The molecule has 0 saturated heterocycles. The highest BCUT2D eigenvalue weighted by molar-refractivity contribution is 6.30. The summed E-state index contributed by atoms with van der Waals surface area (Å²) in [4.78, 5) is 0. The minimum absolute atomic E-state index is 0.0723. The first-order chi connectivity index (χ1) is 11.1. The van der Waals surface area contributed by atoms with Crippen LogP contribution < -0.4 is 5.73 Å². The molecule has 4 nitrogen and oxygen atoms in total. The topological polar surface area (TPSA) is 79.3 Å². The molecule has 0 radical (unpaired) electrons. The van der Waals surface area contributed by atoms with Gasteiger partial charge in [-0.3, -0.25) is 0 Å². The Hall–Kier alpha value is -2.90. The lowest BCUT2D eigenvalue weighted by molar-refractivity contribution is 0.360. The van der Waals surface area contributed by atoms with Crippen molar-refractivity contribution < 1.29 is 9.84 Å². The summed E-state index contributed by atoms with van der Waals surface area (Å²) in [5.74, 6) is 0.434. The molecule has 1 atom stereocenters. The zero-order chi connectivity index (χ0) is 16.4. The van der Waals surface area contributed by atoms with E-state index >= 15 is 0 Å². The highest BCUT2D eigenvalue weighted by Gasteiger charge is 2.26. The summed E-state index contributed by atoms with van der Waals surface area (Å²) in [6, 6.07) is 16.0. The fourth-order valence-electron chi connectivity index (χ4n) is 2.46. The van der Waals surface area contributed by atoms with Crippen LogP contribution in [0.5, 0.6) is 5.75 Å². The monoisotopic (exact) mass is 324 g/mol. The largest absolute Gasteiger partial charge is 0.508 e. The standard InChI is InChI=1S/C18H13ClN2O2/c19-13-3-1-2-12(8-13)15-9-17(23-18(21)16(15)10-20)11-4-6-14(22)7-5-11/h1-9,15,22H,21H2. The molecular formula is C18H13ClN2O2. The van der Waals surface area contributed by atoms with Crippen LogP contribution in [0.25, 0.3) is 5.76 Å². The molecule has 5 heteroatoms. The molecule has 1 aliphatic rings. The van der Waals surface area contributed by atoms with Crippen molar-refractivity contribution in [2.45, 2.75) is 5.92 Å². The van der Waals surface area contributed by atoms with Gasteiger partial charge in [0.15, 0.2) is 0 Å². The molecule has 2 aromatic rings. The Balaban J connectivity index is 2.08. The second-order valence-electron chi connectivity index (χ2n) is 5.10. The summed E-state index contributed by atoms with van der Waals surface area (Å²) in [6.45, 7) is 0. The number of nitrogens with two attached hydrogens (primary N) is 1. The summed E-state index contributed by atoms with van der Waals surface area (Å²) in [5.41, 5.74) is 7.88. The maximum absolute atomic E-state index is 9.40. The molecule has 1 aliphatic heterocycles. The van der Waals surface area contributed by atoms with E-state index in [0.717, 1.165) is 11.1 Å². The number of halogens is 1. The number of ether oxygens (including phenoxy) is 1. The second-order valence-corrected chi connectivity index (χ2v) is 5.54. The van der Waals surface area contributed by atoms with E-state index in [1.54, 1.807) is 36.4 Å². The van der Waals surface area contributed by atoms with Crippen molar-refractivity contribution in [2.24, 2.45) is 5.73 Å². The SMILES string of the molecule is N#CC1=C(N)OC(c2ccc(O)cc2)=CC1c1cccc(Cl)c1. The third kappa shape index (κ3) is 3.01. The van der Waals surface area contributed by atoms with Crippen LogP contribution in [0.15, 0.2) is 66.1 Å². The predicted octanol–water partition coefficient (Wildman–Crippen LogP) is 3.89. The van der Waals surface area contributed by atoms with Crippen LogP contribution in [0, 0.1) is 11.3 Å². The molecule has 0 aliphatic carbocycles. The van der Waals surface area contributed by atoms with E-state index in [1.165, 1.54) is 0 Å². The van der Waals surface area contributed by atoms with Crippen molar-refractivity contribution in [3.63, 3.8) is 0 Å². The Labute approximate surface area is 138 Å². The Morgan fingerprint density at radius 3 is 2.57 bits per heavy atom. The van der Waals surface area contributed by atoms with E-state index in [1.807, 2.05) is 18.2 Å². The first-order valence-electron chi connectivity index (χ1n) is 6.93. The number of phenols is 1. The average Bonchev–Trinajstić information content (AvgIpc) is 2.55. The molecule has 3 rings (SSSR count). The van der Waals surface area contributed by atoms with Crippen LogP contribution in [0.1, 0.15) is 17.0 Å². The van der Waals surface area contributed by atoms with Gasteiger partial charge in [-0.05, 0) is 48.0 Å². The number of nitriles is 1. The molecule has 0 amide bonds.